The van der Waals surface area contributed by atoms with Crippen LogP contribution in [0.25, 0.3) is 0 Å². The van der Waals surface area contributed by atoms with Crippen LogP contribution in [0, 0.1) is 0 Å². The minimum atomic E-state index is -1.42. The third-order valence-electron chi connectivity index (χ3n) is 2.05. The Balaban J connectivity index is 3.34. The van der Waals surface area contributed by atoms with Crippen molar-refractivity contribution in [1.29, 1.82) is 0 Å². The first kappa shape index (κ1) is 13.4. The molecule has 0 aliphatic heterocycles. The number of aliphatic imine (C=N–C) groups is 1. The SMILES string of the molecule is CC(N)=NCCCCCC(C)(F)CO. The maximum atomic E-state index is 13.2. The fourth-order valence-corrected chi connectivity index (χ4v) is 1.12. The molecule has 0 spiro atoms. The average Bonchev–Trinajstić information content (AvgIpc) is 2.10. The topological polar surface area (TPSA) is 58.6 Å². The smallest absolute Gasteiger partial charge is 0.131 e. The zero-order valence-electron chi connectivity index (χ0n) is 9.09. The van der Waals surface area contributed by atoms with E-state index in [4.69, 9.17) is 10.8 Å². The molecule has 84 valence electrons. The van der Waals surface area contributed by atoms with E-state index in [0.29, 0.717) is 18.8 Å². The quantitative estimate of drug-likeness (QED) is 0.376. The summed E-state index contributed by atoms with van der Waals surface area (Å²) in [5.41, 5.74) is 3.93. The molecule has 0 saturated heterocycles. The molecular formula is C10H21FN2O. The number of hydrogen-bond donors (Lipinski definition) is 2. The predicted octanol–water partition coefficient (Wildman–Crippen LogP) is 1.64. The number of hydrogen-bond acceptors (Lipinski definition) is 2. The highest BCUT2D eigenvalue weighted by atomic mass is 19.1. The van der Waals surface area contributed by atoms with Gasteiger partial charge in [0.05, 0.1) is 12.4 Å². The summed E-state index contributed by atoms with van der Waals surface area (Å²) in [6.07, 6.45) is 3.05. The van der Waals surface area contributed by atoms with Gasteiger partial charge in [-0.25, -0.2) is 4.39 Å². The molecule has 0 fully saturated rings. The van der Waals surface area contributed by atoms with Crippen molar-refractivity contribution in [2.45, 2.75) is 45.2 Å². The number of rotatable bonds is 7. The van der Waals surface area contributed by atoms with Gasteiger partial charge in [0.15, 0.2) is 0 Å². The van der Waals surface area contributed by atoms with E-state index in [1.54, 1.807) is 6.92 Å². The van der Waals surface area contributed by atoms with Crippen LogP contribution in [-0.4, -0.2) is 29.8 Å². The number of nitrogens with zero attached hydrogens (tertiary/aromatic N) is 1. The van der Waals surface area contributed by atoms with Crippen molar-refractivity contribution in [3.8, 4) is 0 Å². The first-order valence-electron chi connectivity index (χ1n) is 5.04. The summed E-state index contributed by atoms with van der Waals surface area (Å²) >= 11 is 0. The summed E-state index contributed by atoms with van der Waals surface area (Å²) < 4.78 is 13.2. The summed E-state index contributed by atoms with van der Waals surface area (Å²) in [5.74, 6) is 0.593. The van der Waals surface area contributed by atoms with Crippen molar-refractivity contribution in [2.75, 3.05) is 13.2 Å². The average molecular weight is 204 g/mol. The lowest BCUT2D eigenvalue weighted by Crippen LogP contribution is -2.22. The third-order valence-corrected chi connectivity index (χ3v) is 2.05. The van der Waals surface area contributed by atoms with Gasteiger partial charge < -0.3 is 10.8 Å². The third kappa shape index (κ3) is 7.98. The standard InChI is InChI=1S/C10H21FN2O/c1-9(12)13-7-5-3-4-6-10(2,11)8-14/h14H,3-8H2,1-2H3,(H2,12,13). The number of aliphatic hydroxyl groups is 1. The second kappa shape index (κ2) is 6.76. The number of halogens is 1. The Morgan fingerprint density at radius 1 is 1.43 bits per heavy atom. The molecule has 0 aromatic carbocycles. The Labute approximate surface area is 85.2 Å². The molecule has 0 amide bonds. The molecule has 0 heterocycles. The summed E-state index contributed by atoms with van der Waals surface area (Å²) in [6, 6.07) is 0. The predicted molar refractivity (Wildman–Crippen MR) is 57.2 cm³/mol. The molecule has 4 heteroatoms. The van der Waals surface area contributed by atoms with Crippen LogP contribution in [0.3, 0.4) is 0 Å². The fraction of sp³-hybridized carbons (Fsp3) is 0.900. The van der Waals surface area contributed by atoms with E-state index in [1.165, 1.54) is 6.92 Å². The van der Waals surface area contributed by atoms with E-state index in [0.717, 1.165) is 19.3 Å². The lowest BCUT2D eigenvalue weighted by Gasteiger charge is -2.16. The second-order valence-electron chi connectivity index (χ2n) is 3.91. The van der Waals surface area contributed by atoms with Gasteiger partial charge in [-0.15, -0.1) is 0 Å². The van der Waals surface area contributed by atoms with Crippen LogP contribution in [0.4, 0.5) is 4.39 Å². The van der Waals surface area contributed by atoms with Crippen molar-refractivity contribution >= 4 is 5.84 Å². The molecule has 1 atom stereocenters. The summed E-state index contributed by atoms with van der Waals surface area (Å²) in [7, 11) is 0. The van der Waals surface area contributed by atoms with Gasteiger partial charge in [0.1, 0.15) is 5.67 Å². The molecule has 0 bridgehead atoms. The zero-order chi connectivity index (χ0) is 11.0. The van der Waals surface area contributed by atoms with E-state index < -0.39 is 12.3 Å². The molecule has 3 N–H and O–H groups in total. The van der Waals surface area contributed by atoms with Crippen LogP contribution >= 0.6 is 0 Å². The number of unbranched alkanes of at least 4 members (excludes halogenated alkanes) is 2. The van der Waals surface area contributed by atoms with Crippen molar-refractivity contribution in [3.05, 3.63) is 0 Å². The normalized spacial score (nSPS) is 16.7. The van der Waals surface area contributed by atoms with Crippen molar-refractivity contribution < 1.29 is 9.50 Å². The molecular weight excluding hydrogens is 183 g/mol. The van der Waals surface area contributed by atoms with Gasteiger partial charge >= 0.3 is 0 Å². The highest BCUT2D eigenvalue weighted by molar-refractivity contribution is 5.77. The van der Waals surface area contributed by atoms with E-state index in [-0.39, 0.29) is 0 Å². The Morgan fingerprint density at radius 3 is 2.57 bits per heavy atom. The molecule has 14 heavy (non-hydrogen) atoms. The summed E-state index contributed by atoms with van der Waals surface area (Å²) in [6.45, 7) is 3.50. The molecule has 0 aliphatic rings. The maximum absolute atomic E-state index is 13.2. The van der Waals surface area contributed by atoms with Crippen molar-refractivity contribution in [1.82, 2.24) is 0 Å². The van der Waals surface area contributed by atoms with E-state index in [1.807, 2.05) is 0 Å². The number of nitrogens with two attached hydrogens (primary N) is 1. The summed E-state index contributed by atoms with van der Waals surface area (Å²) in [5, 5.41) is 8.66. The highest BCUT2D eigenvalue weighted by Gasteiger charge is 2.20. The monoisotopic (exact) mass is 204 g/mol. The van der Waals surface area contributed by atoms with Gasteiger partial charge in [0, 0.05) is 6.54 Å². The molecule has 0 radical (unpaired) electrons. The lowest BCUT2D eigenvalue weighted by molar-refractivity contribution is 0.0773. The first-order chi connectivity index (χ1) is 6.48. The molecule has 0 aromatic heterocycles. The van der Waals surface area contributed by atoms with E-state index in [2.05, 4.69) is 4.99 Å². The number of amidine groups is 1. The van der Waals surface area contributed by atoms with Crippen LogP contribution in [-0.2, 0) is 0 Å². The Bertz CT molecular complexity index is 177. The largest absolute Gasteiger partial charge is 0.393 e. The number of aliphatic hydroxyl groups excluding tert-OH is 1. The minimum absolute atomic E-state index is 0.396. The van der Waals surface area contributed by atoms with Gasteiger partial charge in [0.25, 0.3) is 0 Å². The maximum Gasteiger partial charge on any atom is 0.131 e. The number of alkyl halides is 1. The minimum Gasteiger partial charge on any atom is -0.393 e. The van der Waals surface area contributed by atoms with Crippen LogP contribution in [0.15, 0.2) is 4.99 Å². The van der Waals surface area contributed by atoms with Gasteiger partial charge in [0.2, 0.25) is 0 Å². The van der Waals surface area contributed by atoms with Gasteiger partial charge in [-0.1, -0.05) is 12.8 Å². The lowest BCUT2D eigenvalue weighted by atomic mass is 10.0. The van der Waals surface area contributed by atoms with Crippen molar-refractivity contribution in [3.63, 3.8) is 0 Å². The van der Waals surface area contributed by atoms with Gasteiger partial charge in [-0.2, -0.15) is 0 Å². The highest BCUT2D eigenvalue weighted by Crippen LogP contribution is 2.18. The Kier molecular flexibility index (Phi) is 6.45. The molecule has 1 unspecified atom stereocenters. The van der Waals surface area contributed by atoms with Gasteiger partial charge in [-0.05, 0) is 26.7 Å². The second-order valence-corrected chi connectivity index (χ2v) is 3.91. The zero-order valence-corrected chi connectivity index (χ0v) is 9.09. The fourth-order valence-electron chi connectivity index (χ4n) is 1.12. The van der Waals surface area contributed by atoms with Crippen LogP contribution in [0.5, 0.6) is 0 Å². The van der Waals surface area contributed by atoms with Crippen LogP contribution < -0.4 is 5.73 Å². The first-order valence-corrected chi connectivity index (χ1v) is 5.04. The van der Waals surface area contributed by atoms with E-state index in [9.17, 15) is 4.39 Å². The molecule has 0 aromatic rings. The van der Waals surface area contributed by atoms with E-state index >= 15 is 0 Å². The molecule has 0 rings (SSSR count). The Hall–Kier alpha value is -0.640. The molecule has 0 aliphatic carbocycles. The molecule has 0 saturated carbocycles. The molecule has 3 nitrogen and oxygen atoms in total. The summed E-state index contributed by atoms with van der Waals surface area (Å²) in [4.78, 5) is 4.03. The Morgan fingerprint density at radius 2 is 2.07 bits per heavy atom. The van der Waals surface area contributed by atoms with Crippen molar-refractivity contribution in [2.24, 2.45) is 10.7 Å². The van der Waals surface area contributed by atoms with Gasteiger partial charge in [-0.3, -0.25) is 4.99 Å². The van der Waals surface area contributed by atoms with Crippen LogP contribution in [0.1, 0.15) is 39.5 Å². The van der Waals surface area contributed by atoms with Crippen LogP contribution in [0.2, 0.25) is 0 Å².